The van der Waals surface area contributed by atoms with Crippen molar-refractivity contribution >= 4 is 12.9 Å². The van der Waals surface area contributed by atoms with Crippen LogP contribution in [0.1, 0.15) is 0 Å². The molecular formula is C7H5BN4. The SMILES string of the molecule is [2H]B=C(C#N)C(NC)=C(C#N)C#N. The molecule has 0 aromatic carbocycles. The van der Waals surface area contributed by atoms with Crippen LogP contribution in [0.3, 0.4) is 0 Å². The van der Waals surface area contributed by atoms with Crippen LogP contribution in [0.5, 0.6) is 0 Å². The Bertz CT molecular complexity index is 361. The Kier molecular flexibility index (Phi) is 3.16. The molecule has 56 valence electrons. The van der Waals surface area contributed by atoms with Gasteiger partial charge < -0.3 is 0 Å². The normalized spacial score (nSPS) is 9.17. The third-order valence-electron chi connectivity index (χ3n) is 1.11. The quantitative estimate of drug-likeness (QED) is 0.416. The van der Waals surface area contributed by atoms with Crippen molar-refractivity contribution in [2.45, 2.75) is 0 Å². The van der Waals surface area contributed by atoms with E-state index in [0.29, 0.717) is 0 Å². The van der Waals surface area contributed by atoms with Crippen molar-refractivity contribution in [3.05, 3.63) is 11.3 Å². The molecule has 0 saturated carbocycles. The standard InChI is InChI=1S/C7H5BN4/c1-12-7(6(8)4-11)5(2-9)3-10/h8,12H,1H3/i8D. The van der Waals surface area contributed by atoms with Crippen LogP contribution in [-0.4, -0.2) is 21.3 Å². The molecule has 0 bridgehead atoms. The summed E-state index contributed by atoms with van der Waals surface area (Å²) in [6.45, 7) is 0. The third-order valence-corrected chi connectivity index (χ3v) is 1.11. The zero-order valence-corrected chi connectivity index (χ0v) is 6.42. The molecule has 12 heavy (non-hydrogen) atoms. The number of nitrogens with zero attached hydrogens (tertiary/aromatic N) is 3. The van der Waals surface area contributed by atoms with Crippen LogP contribution in [0.25, 0.3) is 0 Å². The molecule has 0 aromatic heterocycles. The molecule has 0 rings (SSSR count). The Balaban J connectivity index is 5.42. The van der Waals surface area contributed by atoms with E-state index in [1.807, 2.05) is 0 Å². The van der Waals surface area contributed by atoms with Crippen LogP contribution in [0.4, 0.5) is 0 Å². The van der Waals surface area contributed by atoms with Gasteiger partial charge in [-0.2, -0.15) is 0 Å². The van der Waals surface area contributed by atoms with E-state index in [0.717, 1.165) is 7.45 Å². The van der Waals surface area contributed by atoms with Crippen molar-refractivity contribution in [2.75, 3.05) is 7.05 Å². The molecule has 0 heterocycles. The summed E-state index contributed by atoms with van der Waals surface area (Å²) in [6.07, 6.45) is 0. The first-order valence-corrected chi connectivity index (χ1v) is 2.96. The number of nitrogens with one attached hydrogen (secondary N) is 1. The Morgan fingerprint density at radius 3 is 2.17 bits per heavy atom. The van der Waals surface area contributed by atoms with E-state index >= 15 is 0 Å². The van der Waals surface area contributed by atoms with Crippen molar-refractivity contribution in [1.82, 2.24) is 5.32 Å². The first kappa shape index (κ1) is 8.05. The maximum absolute atomic E-state index is 8.54. The van der Waals surface area contributed by atoms with Crippen LogP contribution in [0.2, 0.25) is 0 Å². The predicted molar refractivity (Wildman–Crippen MR) is 45.1 cm³/mol. The molecule has 0 aliphatic heterocycles. The molecule has 5 heteroatoms. The van der Waals surface area contributed by atoms with Gasteiger partial charge in [0.05, 0.1) is 0 Å². The minimum absolute atomic E-state index is 0.0411. The average Bonchev–Trinajstić information content (AvgIpc) is 2.18. The van der Waals surface area contributed by atoms with Crippen LogP contribution in [0.15, 0.2) is 11.3 Å². The molecule has 4 nitrogen and oxygen atoms in total. The molecule has 0 aliphatic carbocycles. The Hall–Kier alpha value is -2.06. The topological polar surface area (TPSA) is 83.4 Å². The minimum atomic E-state index is -0.206. The van der Waals surface area contributed by atoms with Crippen LogP contribution in [-0.2, 0) is 0 Å². The Morgan fingerprint density at radius 2 is 1.92 bits per heavy atom. The fourth-order valence-corrected chi connectivity index (χ4v) is 0.587. The Morgan fingerprint density at radius 1 is 1.33 bits per heavy atom. The van der Waals surface area contributed by atoms with Gasteiger partial charge in [0.25, 0.3) is 0 Å². The fraction of sp³-hybridized carbons (Fsp3) is 0.143. The van der Waals surface area contributed by atoms with E-state index in [9.17, 15) is 0 Å². The number of nitriles is 3. The summed E-state index contributed by atoms with van der Waals surface area (Å²) in [7, 11) is 2.27. The molecular weight excluding hydrogens is 151 g/mol. The van der Waals surface area contributed by atoms with Gasteiger partial charge in [0.15, 0.2) is 0 Å². The van der Waals surface area contributed by atoms with Crippen molar-refractivity contribution in [3.63, 3.8) is 0 Å². The molecule has 0 atom stereocenters. The van der Waals surface area contributed by atoms with E-state index in [-0.39, 0.29) is 16.7 Å². The van der Waals surface area contributed by atoms with Crippen LogP contribution in [0, 0.1) is 34.0 Å². The Labute approximate surface area is 72.8 Å². The van der Waals surface area contributed by atoms with E-state index < -0.39 is 0 Å². The summed E-state index contributed by atoms with van der Waals surface area (Å²) < 4.78 is 6.86. The fourth-order valence-electron chi connectivity index (χ4n) is 0.587. The monoisotopic (exact) mass is 157 g/mol. The summed E-state index contributed by atoms with van der Waals surface area (Å²) in [5, 5.41) is 28.1. The molecule has 0 aromatic rings. The summed E-state index contributed by atoms with van der Waals surface area (Å²) in [6, 6.07) is 4.97. The van der Waals surface area contributed by atoms with Gasteiger partial charge in [-0.25, -0.2) is 0 Å². The van der Waals surface area contributed by atoms with E-state index in [4.69, 9.17) is 17.1 Å². The zero-order valence-electron chi connectivity index (χ0n) is 7.42. The molecule has 0 saturated heterocycles. The van der Waals surface area contributed by atoms with Crippen molar-refractivity contribution in [2.24, 2.45) is 0 Å². The van der Waals surface area contributed by atoms with E-state index in [2.05, 4.69) is 5.32 Å². The van der Waals surface area contributed by atoms with Crippen molar-refractivity contribution < 1.29 is 0 Å². The molecule has 0 radical (unpaired) electrons. The van der Waals surface area contributed by atoms with Gasteiger partial charge in [0.2, 0.25) is 0 Å². The van der Waals surface area contributed by atoms with Gasteiger partial charge in [0.1, 0.15) is 0 Å². The van der Waals surface area contributed by atoms with Gasteiger partial charge in [-0.15, -0.1) is 0 Å². The molecule has 0 amide bonds. The summed E-state index contributed by atoms with van der Waals surface area (Å²) in [5.41, 5.74) is -0.161. The molecule has 0 fully saturated rings. The summed E-state index contributed by atoms with van der Waals surface area (Å²) >= 11 is 0. The van der Waals surface area contributed by atoms with Crippen LogP contribution < -0.4 is 5.32 Å². The molecule has 0 spiro atoms. The van der Waals surface area contributed by atoms with E-state index in [1.165, 1.54) is 7.05 Å². The maximum atomic E-state index is 8.54. The number of hydrogen-bond donors (Lipinski definition) is 1. The van der Waals surface area contributed by atoms with Gasteiger partial charge in [-0.05, 0) is 0 Å². The van der Waals surface area contributed by atoms with Crippen molar-refractivity contribution in [3.8, 4) is 18.2 Å². The van der Waals surface area contributed by atoms with Crippen LogP contribution >= 0.6 is 0 Å². The van der Waals surface area contributed by atoms with Gasteiger partial charge in [-0.1, -0.05) is 0 Å². The second-order valence-corrected chi connectivity index (χ2v) is 1.75. The summed E-state index contributed by atoms with van der Waals surface area (Å²) in [5.74, 6) is 0. The van der Waals surface area contributed by atoms with E-state index in [1.54, 1.807) is 18.2 Å². The summed E-state index contributed by atoms with van der Waals surface area (Å²) in [4.78, 5) is 0. The number of rotatable bonds is 2. The number of hydrogen-bond acceptors (Lipinski definition) is 4. The first-order valence-electron chi connectivity index (χ1n) is 3.54. The number of allylic oxidation sites excluding steroid dienone is 2. The average molecular weight is 157 g/mol. The first-order chi connectivity index (χ1) is 6.24. The molecule has 1 N–H and O–H groups in total. The van der Waals surface area contributed by atoms with Gasteiger partial charge in [-0.3, -0.25) is 0 Å². The predicted octanol–water partition coefficient (Wildman–Crippen LogP) is -0.896. The third kappa shape index (κ3) is 1.97. The van der Waals surface area contributed by atoms with Gasteiger partial charge >= 0.3 is 71.9 Å². The second kappa shape index (κ2) is 4.71. The molecule has 0 aliphatic rings. The second-order valence-electron chi connectivity index (χ2n) is 1.75. The zero-order chi connectivity index (χ0) is 10.3. The molecule has 0 unspecified atom stereocenters. The van der Waals surface area contributed by atoms with Gasteiger partial charge in [0, 0.05) is 0 Å². The van der Waals surface area contributed by atoms with Crippen molar-refractivity contribution in [1.29, 1.82) is 17.1 Å².